The number of Topliss-reactive ketones (excluding diaryl/α,β-unsaturated/α-hetero) is 1. The van der Waals surface area contributed by atoms with Crippen LogP contribution in [0.5, 0.6) is 0 Å². The lowest BCUT2D eigenvalue weighted by atomic mass is 10.1. The van der Waals surface area contributed by atoms with E-state index in [1.807, 2.05) is 5.32 Å². The summed E-state index contributed by atoms with van der Waals surface area (Å²) in [5, 5.41) is 5.80. The molecule has 25 heavy (non-hydrogen) atoms. The molecule has 0 aliphatic rings. The van der Waals surface area contributed by atoms with Gasteiger partial charge in [-0.25, -0.2) is 4.79 Å². The predicted octanol–water partition coefficient (Wildman–Crippen LogP) is 2.78. The summed E-state index contributed by atoms with van der Waals surface area (Å²) in [6, 6.07) is 1.37. The summed E-state index contributed by atoms with van der Waals surface area (Å²) in [7, 11) is 0. The van der Waals surface area contributed by atoms with Crippen molar-refractivity contribution >= 4 is 29.1 Å². The molecule has 2 N–H and O–H groups in total. The molecule has 0 aromatic carbocycles. The fourth-order valence-corrected chi connectivity index (χ4v) is 2.36. The van der Waals surface area contributed by atoms with Gasteiger partial charge < -0.3 is 15.4 Å². The molecule has 0 saturated carbocycles. The predicted molar refractivity (Wildman–Crippen MR) is 85.0 cm³/mol. The zero-order chi connectivity index (χ0) is 19.3. The van der Waals surface area contributed by atoms with E-state index < -0.39 is 42.0 Å². The normalized spacial score (nSPS) is 13.0. The van der Waals surface area contributed by atoms with Crippen molar-refractivity contribution in [2.75, 3.05) is 0 Å². The minimum Gasteiger partial charge on any atom is -0.444 e. The van der Waals surface area contributed by atoms with Gasteiger partial charge in [0.05, 0.1) is 13.0 Å². The van der Waals surface area contributed by atoms with Crippen molar-refractivity contribution in [2.24, 2.45) is 0 Å². The second kappa shape index (κ2) is 8.32. The Balaban J connectivity index is 2.74. The van der Waals surface area contributed by atoms with E-state index in [1.165, 1.54) is 32.1 Å². The first-order valence-corrected chi connectivity index (χ1v) is 8.16. The van der Waals surface area contributed by atoms with Gasteiger partial charge in [0.25, 0.3) is 5.91 Å². The Bertz CT molecular complexity index is 609. The van der Waals surface area contributed by atoms with Gasteiger partial charge in [0.1, 0.15) is 11.6 Å². The second-order valence-electron chi connectivity index (χ2n) is 6.14. The summed E-state index contributed by atoms with van der Waals surface area (Å²) >= 11 is 1.32. The van der Waals surface area contributed by atoms with E-state index in [0.29, 0.717) is 0 Å². The van der Waals surface area contributed by atoms with E-state index in [2.05, 4.69) is 5.32 Å². The maximum atomic E-state index is 12.7. The third kappa shape index (κ3) is 8.52. The van der Waals surface area contributed by atoms with Crippen molar-refractivity contribution in [1.29, 1.82) is 0 Å². The van der Waals surface area contributed by atoms with E-state index >= 15 is 0 Å². The SMILES string of the molecule is CC(C)(C)OC(=O)NC(CC(F)(F)F)C(=O)C(=O)NCc1cccs1. The third-order valence-electron chi connectivity index (χ3n) is 2.67. The minimum atomic E-state index is -4.75. The minimum absolute atomic E-state index is 0.00736. The molecular formula is C15H19F3N2O4S. The Hall–Kier alpha value is -2.10. The maximum absolute atomic E-state index is 12.7. The number of carbonyl (C=O) groups is 3. The van der Waals surface area contributed by atoms with Crippen LogP contribution in [0, 0.1) is 0 Å². The largest absolute Gasteiger partial charge is 0.444 e. The summed E-state index contributed by atoms with van der Waals surface area (Å²) in [5.41, 5.74) is -0.961. The molecule has 1 heterocycles. The molecule has 1 rings (SSSR count). The summed E-state index contributed by atoms with van der Waals surface area (Å²) in [6.45, 7) is 4.55. The van der Waals surface area contributed by atoms with Gasteiger partial charge in [0, 0.05) is 4.88 Å². The first kappa shape index (κ1) is 20.9. The van der Waals surface area contributed by atoms with Crippen molar-refractivity contribution in [3.63, 3.8) is 0 Å². The standard InChI is InChI=1S/C15H19F3N2O4S/c1-14(2,3)24-13(23)20-10(7-15(16,17)18)11(21)12(22)19-8-9-5-4-6-25-9/h4-6,10H,7-8H2,1-3H3,(H,19,22)(H,20,23). The van der Waals surface area contributed by atoms with Crippen molar-refractivity contribution in [1.82, 2.24) is 10.6 Å². The number of alkyl halides is 3. The van der Waals surface area contributed by atoms with Gasteiger partial charge >= 0.3 is 12.3 Å². The molecule has 10 heteroatoms. The number of nitrogens with one attached hydrogen (secondary N) is 2. The molecule has 1 aromatic rings. The lowest BCUT2D eigenvalue weighted by Gasteiger charge is -2.23. The lowest BCUT2D eigenvalue weighted by molar-refractivity contribution is -0.152. The molecule has 0 aliphatic carbocycles. The molecule has 0 saturated heterocycles. The summed E-state index contributed by atoms with van der Waals surface area (Å²) in [5.74, 6) is -2.60. The van der Waals surface area contributed by atoms with Gasteiger partial charge in [-0.1, -0.05) is 6.07 Å². The number of ketones is 1. The highest BCUT2D eigenvalue weighted by Gasteiger charge is 2.39. The van der Waals surface area contributed by atoms with Crippen LogP contribution in [0.25, 0.3) is 0 Å². The van der Waals surface area contributed by atoms with Crippen LogP contribution in [-0.2, 0) is 20.9 Å². The van der Waals surface area contributed by atoms with Gasteiger partial charge in [-0.05, 0) is 32.2 Å². The molecule has 2 amide bonds. The molecule has 0 radical (unpaired) electrons. The second-order valence-corrected chi connectivity index (χ2v) is 7.18. The fourth-order valence-electron chi connectivity index (χ4n) is 1.72. The number of halogens is 3. The molecule has 6 nitrogen and oxygen atoms in total. The maximum Gasteiger partial charge on any atom is 0.408 e. The van der Waals surface area contributed by atoms with Crippen LogP contribution in [0.15, 0.2) is 17.5 Å². The number of thiophene rings is 1. The third-order valence-corrected chi connectivity index (χ3v) is 3.55. The average molecular weight is 380 g/mol. The van der Waals surface area contributed by atoms with Crippen molar-refractivity contribution in [3.8, 4) is 0 Å². The number of amides is 2. The Kier molecular flexibility index (Phi) is 6.97. The van der Waals surface area contributed by atoms with E-state index in [9.17, 15) is 27.6 Å². The number of carbonyl (C=O) groups excluding carboxylic acids is 3. The summed E-state index contributed by atoms with van der Waals surface area (Å²) in [4.78, 5) is 36.2. The summed E-state index contributed by atoms with van der Waals surface area (Å²) < 4.78 is 42.8. The molecule has 1 unspecified atom stereocenters. The molecule has 140 valence electrons. The Morgan fingerprint density at radius 2 is 1.88 bits per heavy atom. The molecule has 1 aromatic heterocycles. The molecule has 1 atom stereocenters. The number of ether oxygens (including phenoxy) is 1. The first-order chi connectivity index (χ1) is 11.4. The zero-order valence-corrected chi connectivity index (χ0v) is 14.7. The number of rotatable bonds is 6. The van der Waals surface area contributed by atoms with Crippen LogP contribution in [0.3, 0.4) is 0 Å². The highest BCUT2D eigenvalue weighted by Crippen LogP contribution is 2.22. The van der Waals surface area contributed by atoms with Crippen molar-refractivity contribution < 1.29 is 32.3 Å². The van der Waals surface area contributed by atoms with Crippen LogP contribution in [0.4, 0.5) is 18.0 Å². The highest BCUT2D eigenvalue weighted by atomic mass is 32.1. The Morgan fingerprint density at radius 1 is 1.24 bits per heavy atom. The van der Waals surface area contributed by atoms with Gasteiger partial charge in [-0.15, -0.1) is 11.3 Å². The Labute approximate surface area is 146 Å². The monoisotopic (exact) mass is 380 g/mol. The molecule has 0 fully saturated rings. The molecule has 0 aliphatic heterocycles. The van der Waals surface area contributed by atoms with Gasteiger partial charge in [-0.3, -0.25) is 9.59 Å². The topological polar surface area (TPSA) is 84.5 Å². The fraction of sp³-hybridized carbons (Fsp3) is 0.533. The molecule has 0 bridgehead atoms. The Morgan fingerprint density at radius 3 is 2.36 bits per heavy atom. The first-order valence-electron chi connectivity index (χ1n) is 7.28. The zero-order valence-electron chi connectivity index (χ0n) is 13.9. The number of hydrogen-bond donors (Lipinski definition) is 2. The van der Waals surface area contributed by atoms with Crippen molar-refractivity contribution in [3.05, 3.63) is 22.4 Å². The van der Waals surface area contributed by atoms with E-state index in [1.54, 1.807) is 17.5 Å². The van der Waals surface area contributed by atoms with Crippen molar-refractivity contribution in [2.45, 2.75) is 51.6 Å². The van der Waals surface area contributed by atoms with Crippen LogP contribution in [0.2, 0.25) is 0 Å². The van der Waals surface area contributed by atoms with E-state index in [-0.39, 0.29) is 6.54 Å². The van der Waals surface area contributed by atoms with Crippen LogP contribution in [0.1, 0.15) is 32.1 Å². The van der Waals surface area contributed by atoms with E-state index in [0.717, 1.165) is 4.88 Å². The lowest BCUT2D eigenvalue weighted by Crippen LogP contribution is -2.50. The van der Waals surface area contributed by atoms with Crippen LogP contribution in [-0.4, -0.2) is 35.6 Å². The van der Waals surface area contributed by atoms with Gasteiger partial charge in [0.2, 0.25) is 5.78 Å². The highest BCUT2D eigenvalue weighted by molar-refractivity contribution is 7.09. The number of hydrogen-bond acceptors (Lipinski definition) is 5. The average Bonchev–Trinajstić information content (AvgIpc) is 2.92. The van der Waals surface area contributed by atoms with Crippen LogP contribution < -0.4 is 10.6 Å². The number of alkyl carbamates (subject to hydrolysis) is 1. The smallest absolute Gasteiger partial charge is 0.408 e. The quantitative estimate of drug-likeness (QED) is 0.744. The molecular weight excluding hydrogens is 361 g/mol. The van der Waals surface area contributed by atoms with E-state index in [4.69, 9.17) is 4.74 Å². The summed E-state index contributed by atoms with van der Waals surface area (Å²) in [6.07, 6.45) is -7.62. The molecule has 0 spiro atoms. The van der Waals surface area contributed by atoms with Gasteiger partial charge in [0.15, 0.2) is 0 Å². The van der Waals surface area contributed by atoms with Gasteiger partial charge in [-0.2, -0.15) is 13.2 Å². The van der Waals surface area contributed by atoms with Crippen LogP contribution >= 0.6 is 11.3 Å².